The molecule has 0 aliphatic heterocycles. The molecule has 0 aliphatic carbocycles. The molecule has 0 saturated heterocycles. The third kappa shape index (κ3) is 6.93. The quantitative estimate of drug-likeness (QED) is 0.593. The van der Waals surface area contributed by atoms with Gasteiger partial charge < -0.3 is 10.2 Å². The van der Waals surface area contributed by atoms with E-state index in [9.17, 15) is 22.4 Å². The molecule has 0 heterocycles. The summed E-state index contributed by atoms with van der Waals surface area (Å²) < 4.78 is 40.1. The maximum Gasteiger partial charge on any atom is 0.244 e. The number of benzene rings is 2. The van der Waals surface area contributed by atoms with E-state index in [4.69, 9.17) is 11.6 Å². The standard InChI is InChI=1S/C22H27ClFN3O4S/c1-15(2)25-22(29)16(3)26(13-17-8-5-6-11-20(17)24)21(28)14-27(32(4,30)31)19-10-7-9-18(23)12-19/h5-12,15-16H,13-14H2,1-4H3,(H,25,29)/t16-/m0/s1. The Morgan fingerprint density at radius 2 is 1.75 bits per heavy atom. The molecule has 1 N–H and O–H groups in total. The molecule has 1 atom stereocenters. The molecule has 32 heavy (non-hydrogen) atoms. The van der Waals surface area contributed by atoms with Gasteiger partial charge in [0.1, 0.15) is 18.4 Å². The third-order valence-corrected chi connectivity index (χ3v) is 6.05. The maximum atomic E-state index is 14.3. The lowest BCUT2D eigenvalue weighted by molar-refractivity contribution is -0.139. The van der Waals surface area contributed by atoms with Gasteiger partial charge in [-0.15, -0.1) is 0 Å². The van der Waals surface area contributed by atoms with Crippen LogP contribution in [0.1, 0.15) is 26.3 Å². The van der Waals surface area contributed by atoms with Gasteiger partial charge in [0.15, 0.2) is 0 Å². The van der Waals surface area contributed by atoms with Crippen molar-refractivity contribution < 1.29 is 22.4 Å². The summed E-state index contributed by atoms with van der Waals surface area (Å²) in [5, 5.41) is 3.03. The van der Waals surface area contributed by atoms with E-state index in [2.05, 4.69) is 5.32 Å². The highest BCUT2D eigenvalue weighted by molar-refractivity contribution is 7.92. The lowest BCUT2D eigenvalue weighted by Crippen LogP contribution is -2.52. The van der Waals surface area contributed by atoms with Gasteiger partial charge in [0.05, 0.1) is 11.9 Å². The van der Waals surface area contributed by atoms with E-state index >= 15 is 0 Å². The SMILES string of the molecule is CC(C)NC(=O)[C@H](C)N(Cc1ccccc1F)C(=O)CN(c1cccc(Cl)c1)S(C)(=O)=O. The number of amides is 2. The molecule has 0 aromatic heterocycles. The Labute approximate surface area is 193 Å². The Bertz CT molecular complexity index is 1080. The average molecular weight is 484 g/mol. The molecule has 7 nitrogen and oxygen atoms in total. The van der Waals surface area contributed by atoms with Crippen LogP contribution in [0.5, 0.6) is 0 Å². The van der Waals surface area contributed by atoms with Crippen LogP contribution in [-0.4, -0.2) is 50.0 Å². The minimum absolute atomic E-state index is 0.172. The average Bonchev–Trinajstić information content (AvgIpc) is 2.69. The summed E-state index contributed by atoms with van der Waals surface area (Å²) in [6.07, 6.45) is 0.970. The van der Waals surface area contributed by atoms with Gasteiger partial charge in [-0.25, -0.2) is 12.8 Å². The molecule has 0 aliphatic rings. The molecule has 2 aromatic rings. The highest BCUT2D eigenvalue weighted by atomic mass is 35.5. The fourth-order valence-corrected chi connectivity index (χ4v) is 4.07. The Kier molecular flexibility index (Phi) is 8.63. The number of sulfonamides is 1. The van der Waals surface area contributed by atoms with E-state index in [1.54, 1.807) is 32.0 Å². The van der Waals surface area contributed by atoms with Crippen molar-refractivity contribution in [3.8, 4) is 0 Å². The van der Waals surface area contributed by atoms with E-state index in [1.165, 1.54) is 42.2 Å². The van der Waals surface area contributed by atoms with Crippen molar-refractivity contribution in [3.63, 3.8) is 0 Å². The normalized spacial score (nSPS) is 12.3. The molecule has 0 bridgehead atoms. The van der Waals surface area contributed by atoms with Gasteiger partial charge in [-0.2, -0.15) is 0 Å². The van der Waals surface area contributed by atoms with Crippen LogP contribution >= 0.6 is 11.6 Å². The first-order valence-electron chi connectivity index (χ1n) is 9.96. The highest BCUT2D eigenvalue weighted by Crippen LogP contribution is 2.22. The summed E-state index contributed by atoms with van der Waals surface area (Å²) in [6.45, 7) is 4.29. The van der Waals surface area contributed by atoms with E-state index in [1.807, 2.05) is 0 Å². The zero-order valence-electron chi connectivity index (χ0n) is 18.4. The van der Waals surface area contributed by atoms with Crippen molar-refractivity contribution in [1.82, 2.24) is 10.2 Å². The fraction of sp³-hybridized carbons (Fsp3) is 0.364. The van der Waals surface area contributed by atoms with Crippen LogP contribution in [0.25, 0.3) is 0 Å². The Balaban J connectivity index is 2.40. The molecule has 0 unspecified atom stereocenters. The summed E-state index contributed by atoms with van der Waals surface area (Å²) in [7, 11) is -3.86. The van der Waals surface area contributed by atoms with E-state index < -0.39 is 40.2 Å². The predicted octanol–water partition coefficient (Wildman–Crippen LogP) is 3.19. The molecule has 2 amide bonds. The monoisotopic (exact) mass is 483 g/mol. The molecule has 174 valence electrons. The number of rotatable bonds is 9. The van der Waals surface area contributed by atoms with Crippen molar-refractivity contribution >= 4 is 39.1 Å². The summed E-state index contributed by atoms with van der Waals surface area (Å²) in [6, 6.07) is 10.8. The van der Waals surface area contributed by atoms with Gasteiger partial charge in [0.2, 0.25) is 21.8 Å². The topological polar surface area (TPSA) is 86.8 Å². The van der Waals surface area contributed by atoms with Gasteiger partial charge in [-0.1, -0.05) is 35.9 Å². The number of carbonyl (C=O) groups excluding carboxylic acids is 2. The summed E-state index contributed by atoms with van der Waals surface area (Å²) in [4.78, 5) is 27.1. The number of hydrogen-bond acceptors (Lipinski definition) is 4. The predicted molar refractivity (Wildman–Crippen MR) is 123 cm³/mol. The minimum atomic E-state index is -3.86. The first-order chi connectivity index (χ1) is 14.9. The van der Waals surface area contributed by atoms with Gasteiger partial charge in [0.25, 0.3) is 0 Å². The number of carbonyl (C=O) groups is 2. The third-order valence-electron chi connectivity index (χ3n) is 4.67. The van der Waals surface area contributed by atoms with Crippen LogP contribution in [0.3, 0.4) is 0 Å². The highest BCUT2D eigenvalue weighted by Gasteiger charge is 2.30. The fourth-order valence-electron chi connectivity index (χ4n) is 3.04. The van der Waals surface area contributed by atoms with Crippen LogP contribution in [0.4, 0.5) is 10.1 Å². The van der Waals surface area contributed by atoms with E-state index in [-0.39, 0.29) is 23.8 Å². The van der Waals surface area contributed by atoms with Crippen molar-refractivity contribution in [1.29, 1.82) is 0 Å². The number of nitrogens with one attached hydrogen (secondary N) is 1. The molecular weight excluding hydrogens is 457 g/mol. The molecule has 0 radical (unpaired) electrons. The first kappa shape index (κ1) is 25.6. The van der Waals surface area contributed by atoms with Gasteiger partial charge in [-0.3, -0.25) is 13.9 Å². The Hall–Kier alpha value is -2.65. The number of hydrogen-bond donors (Lipinski definition) is 1. The minimum Gasteiger partial charge on any atom is -0.352 e. The first-order valence-corrected chi connectivity index (χ1v) is 12.2. The smallest absolute Gasteiger partial charge is 0.244 e. The van der Waals surface area contributed by atoms with Crippen LogP contribution in [0.15, 0.2) is 48.5 Å². The van der Waals surface area contributed by atoms with Gasteiger partial charge >= 0.3 is 0 Å². The second-order valence-electron chi connectivity index (χ2n) is 7.70. The molecule has 2 rings (SSSR count). The summed E-state index contributed by atoms with van der Waals surface area (Å²) in [5.74, 6) is -1.63. The van der Waals surface area contributed by atoms with E-state index in [0.29, 0.717) is 5.02 Å². The Morgan fingerprint density at radius 1 is 1.09 bits per heavy atom. The zero-order valence-corrected chi connectivity index (χ0v) is 20.0. The van der Waals surface area contributed by atoms with Crippen LogP contribution in [0, 0.1) is 5.82 Å². The molecular formula is C22H27ClFN3O4S. The van der Waals surface area contributed by atoms with Crippen molar-refractivity contribution in [2.75, 3.05) is 17.1 Å². The molecule has 0 saturated carbocycles. The second kappa shape index (κ2) is 10.8. The molecule has 2 aromatic carbocycles. The molecule has 0 fully saturated rings. The lowest BCUT2D eigenvalue weighted by Gasteiger charge is -2.32. The lowest BCUT2D eigenvalue weighted by atomic mass is 10.1. The van der Waals surface area contributed by atoms with Crippen molar-refractivity contribution in [3.05, 3.63) is 64.9 Å². The Morgan fingerprint density at radius 3 is 2.31 bits per heavy atom. The van der Waals surface area contributed by atoms with E-state index in [0.717, 1.165) is 10.6 Å². The number of halogens is 2. The second-order valence-corrected chi connectivity index (χ2v) is 10.0. The van der Waals surface area contributed by atoms with Crippen LogP contribution < -0.4 is 9.62 Å². The maximum absolute atomic E-state index is 14.3. The van der Waals surface area contributed by atoms with Crippen LogP contribution in [-0.2, 0) is 26.2 Å². The molecule has 10 heteroatoms. The van der Waals surface area contributed by atoms with Gasteiger partial charge in [-0.05, 0) is 45.0 Å². The summed E-state index contributed by atoms with van der Waals surface area (Å²) >= 11 is 5.99. The molecule has 0 spiro atoms. The van der Waals surface area contributed by atoms with Gasteiger partial charge in [0, 0.05) is 23.2 Å². The zero-order chi connectivity index (χ0) is 24.1. The number of nitrogens with zero attached hydrogens (tertiary/aromatic N) is 2. The van der Waals surface area contributed by atoms with Crippen molar-refractivity contribution in [2.45, 2.75) is 39.4 Å². The largest absolute Gasteiger partial charge is 0.352 e. The van der Waals surface area contributed by atoms with Crippen LogP contribution in [0.2, 0.25) is 5.02 Å². The van der Waals surface area contributed by atoms with Crippen molar-refractivity contribution in [2.24, 2.45) is 0 Å². The number of anilines is 1. The summed E-state index contributed by atoms with van der Waals surface area (Å²) in [5.41, 5.74) is 0.414.